The fourth-order valence-electron chi connectivity index (χ4n) is 5.42. The van der Waals surface area contributed by atoms with E-state index in [0.29, 0.717) is 29.3 Å². The Morgan fingerprint density at radius 1 is 0.976 bits per heavy atom. The zero-order valence-corrected chi connectivity index (χ0v) is 23.2. The van der Waals surface area contributed by atoms with Crippen molar-refractivity contribution < 1.29 is 5.11 Å². The van der Waals surface area contributed by atoms with E-state index in [1.165, 1.54) is 4.68 Å². The maximum atomic E-state index is 13.0. The molecule has 11 heteroatoms. The Morgan fingerprint density at radius 3 is 2.56 bits per heavy atom. The summed E-state index contributed by atoms with van der Waals surface area (Å²) in [5, 5.41) is 27.0. The summed E-state index contributed by atoms with van der Waals surface area (Å²) in [4.78, 5) is 26.8. The number of azo groups is 1. The molecule has 4 heterocycles. The highest BCUT2D eigenvalue weighted by molar-refractivity contribution is 5.70. The van der Waals surface area contributed by atoms with Gasteiger partial charge in [0.1, 0.15) is 17.5 Å². The average Bonchev–Trinajstić information content (AvgIpc) is 3.00. The van der Waals surface area contributed by atoms with E-state index in [0.717, 1.165) is 60.7 Å². The zero-order valence-electron chi connectivity index (χ0n) is 23.2. The number of nitrogens with one attached hydrogen (secondary N) is 1. The van der Waals surface area contributed by atoms with Crippen LogP contribution in [0.3, 0.4) is 0 Å². The van der Waals surface area contributed by atoms with E-state index in [9.17, 15) is 9.90 Å². The van der Waals surface area contributed by atoms with E-state index in [1.807, 2.05) is 30.3 Å². The number of aliphatic hydroxyl groups is 1. The number of anilines is 2. The number of aryl methyl sites for hydroxylation is 1. The summed E-state index contributed by atoms with van der Waals surface area (Å²) in [5.41, 5.74) is 5.89. The third kappa shape index (κ3) is 5.64. The minimum Gasteiger partial charge on any atom is -0.392 e. The minimum atomic E-state index is -0.327. The summed E-state index contributed by atoms with van der Waals surface area (Å²) in [6.07, 6.45) is 3.40. The van der Waals surface area contributed by atoms with Crippen LogP contribution in [0, 0.1) is 0 Å². The maximum Gasteiger partial charge on any atom is 0.290 e. The number of fused-ring (bicyclic) bond motifs is 1. The number of hydrogen-bond acceptors (Lipinski definition) is 10. The first-order chi connectivity index (χ1) is 20.0. The largest absolute Gasteiger partial charge is 0.392 e. The molecule has 2 aromatic heterocycles. The highest BCUT2D eigenvalue weighted by atomic mass is 16.3. The van der Waals surface area contributed by atoms with Crippen molar-refractivity contribution in [3.05, 3.63) is 99.2 Å². The lowest BCUT2D eigenvalue weighted by Gasteiger charge is -2.31. The molecule has 0 aliphatic carbocycles. The Balaban J connectivity index is 1.28. The molecule has 0 amide bonds. The van der Waals surface area contributed by atoms with E-state index in [-0.39, 0.29) is 18.2 Å². The second-order valence-electron chi connectivity index (χ2n) is 10.5. The first-order valence-electron chi connectivity index (χ1n) is 13.7. The van der Waals surface area contributed by atoms with Crippen LogP contribution in [-0.4, -0.2) is 67.9 Å². The third-order valence-electron chi connectivity index (χ3n) is 7.74. The van der Waals surface area contributed by atoms with Gasteiger partial charge in [-0.2, -0.15) is 15.3 Å². The standard InChI is InChI=1S/C30H33N9O2/c1-37-10-12-39(13-11-37)18-21-16-32-28(17-31-21)34-27-14-26(36-38(2)30(27)41)23-8-5-9-24(25(23)19-40)29-22-7-4-3-6-20(22)15-33-35-29/h3-9,14,16-17,29,40H,10-13,15,18-19H2,1-2H3,(H,32,34). The zero-order chi connectivity index (χ0) is 28.3. The molecule has 1 unspecified atom stereocenters. The smallest absolute Gasteiger partial charge is 0.290 e. The van der Waals surface area contributed by atoms with Crippen molar-refractivity contribution in [1.82, 2.24) is 29.5 Å². The molecule has 1 atom stereocenters. The summed E-state index contributed by atoms with van der Waals surface area (Å²) in [6, 6.07) is 15.2. The first-order valence-corrected chi connectivity index (χ1v) is 13.7. The van der Waals surface area contributed by atoms with Crippen LogP contribution in [0.25, 0.3) is 11.3 Å². The number of likely N-dealkylation sites (N-methyl/N-ethyl adjacent to an activating group) is 1. The van der Waals surface area contributed by atoms with Gasteiger partial charge in [-0.15, -0.1) is 0 Å². The molecule has 0 radical (unpaired) electrons. The number of aliphatic hydroxyl groups excluding tert-OH is 1. The van der Waals surface area contributed by atoms with Crippen LogP contribution in [0.1, 0.15) is 34.0 Å². The molecule has 1 fully saturated rings. The predicted octanol–water partition coefficient (Wildman–Crippen LogP) is 3.28. The second kappa shape index (κ2) is 11.7. The van der Waals surface area contributed by atoms with Gasteiger partial charge in [-0.25, -0.2) is 9.67 Å². The first kappa shape index (κ1) is 26.9. The van der Waals surface area contributed by atoms with Gasteiger partial charge in [-0.05, 0) is 35.4 Å². The normalized spacial score (nSPS) is 17.4. The van der Waals surface area contributed by atoms with Crippen molar-refractivity contribution in [3.63, 3.8) is 0 Å². The number of nitrogens with zero attached hydrogens (tertiary/aromatic N) is 8. The number of piperazine rings is 1. The summed E-state index contributed by atoms with van der Waals surface area (Å²) in [5.74, 6) is 0.469. The molecule has 0 bridgehead atoms. The van der Waals surface area contributed by atoms with Gasteiger partial charge in [-0.3, -0.25) is 14.7 Å². The maximum absolute atomic E-state index is 13.0. The van der Waals surface area contributed by atoms with Crippen molar-refractivity contribution in [3.8, 4) is 11.3 Å². The van der Waals surface area contributed by atoms with Crippen LogP contribution < -0.4 is 10.9 Å². The fourth-order valence-corrected chi connectivity index (χ4v) is 5.42. The van der Waals surface area contributed by atoms with E-state index in [1.54, 1.807) is 25.5 Å². The van der Waals surface area contributed by atoms with Crippen LogP contribution in [0.2, 0.25) is 0 Å². The highest BCUT2D eigenvalue weighted by Crippen LogP contribution is 2.37. The Morgan fingerprint density at radius 2 is 1.78 bits per heavy atom. The van der Waals surface area contributed by atoms with Gasteiger partial charge in [0, 0.05) is 45.3 Å². The monoisotopic (exact) mass is 551 g/mol. The molecule has 0 saturated carbocycles. The van der Waals surface area contributed by atoms with Crippen molar-refractivity contribution >= 4 is 11.5 Å². The molecule has 2 aromatic carbocycles. The minimum absolute atomic E-state index is 0.215. The lowest BCUT2D eigenvalue weighted by molar-refractivity contribution is 0.147. The van der Waals surface area contributed by atoms with Crippen molar-refractivity contribution in [2.24, 2.45) is 17.3 Å². The number of benzene rings is 2. The van der Waals surface area contributed by atoms with Gasteiger partial charge < -0.3 is 15.3 Å². The molecule has 2 N–H and O–H groups in total. The SMILES string of the molecule is CN1CCN(Cc2cnc(Nc3cc(-c4cccc(C5N=NCc6ccccc65)c4CO)nn(C)c3=O)cn2)CC1. The van der Waals surface area contributed by atoms with Crippen LogP contribution >= 0.6 is 0 Å². The summed E-state index contributed by atoms with van der Waals surface area (Å²) in [7, 11) is 3.74. The quantitative estimate of drug-likeness (QED) is 0.359. The van der Waals surface area contributed by atoms with Gasteiger partial charge in [0.25, 0.3) is 5.56 Å². The van der Waals surface area contributed by atoms with Crippen LogP contribution in [0.5, 0.6) is 0 Å². The third-order valence-corrected chi connectivity index (χ3v) is 7.74. The summed E-state index contributed by atoms with van der Waals surface area (Å²) in [6.45, 7) is 5.15. The highest BCUT2D eigenvalue weighted by Gasteiger charge is 2.25. The lowest BCUT2D eigenvalue weighted by Crippen LogP contribution is -2.44. The number of hydrogen-bond donors (Lipinski definition) is 2. The molecule has 1 saturated heterocycles. The van der Waals surface area contributed by atoms with Crippen LogP contribution in [-0.2, 0) is 26.7 Å². The molecular formula is C30H33N9O2. The van der Waals surface area contributed by atoms with E-state index < -0.39 is 0 Å². The number of rotatable bonds is 7. The van der Waals surface area contributed by atoms with Crippen molar-refractivity contribution in [1.29, 1.82) is 0 Å². The summed E-state index contributed by atoms with van der Waals surface area (Å²) >= 11 is 0. The van der Waals surface area contributed by atoms with Gasteiger partial charge in [-0.1, -0.05) is 42.5 Å². The van der Waals surface area contributed by atoms with E-state index in [4.69, 9.17) is 0 Å². The Bertz CT molecular complexity index is 1630. The average molecular weight is 552 g/mol. The molecule has 6 rings (SSSR count). The van der Waals surface area contributed by atoms with E-state index >= 15 is 0 Å². The Kier molecular flexibility index (Phi) is 7.64. The Hall–Kier alpha value is -4.32. The Labute approximate surface area is 238 Å². The molecule has 11 nitrogen and oxygen atoms in total. The van der Waals surface area contributed by atoms with Crippen LogP contribution in [0.4, 0.5) is 11.5 Å². The lowest BCUT2D eigenvalue weighted by atomic mass is 9.88. The van der Waals surface area contributed by atoms with Gasteiger partial charge in [0.15, 0.2) is 0 Å². The fraction of sp³-hybridized carbons (Fsp3) is 0.333. The molecule has 41 heavy (non-hydrogen) atoms. The van der Waals surface area contributed by atoms with Crippen molar-refractivity contribution in [2.45, 2.75) is 25.7 Å². The summed E-state index contributed by atoms with van der Waals surface area (Å²) < 4.78 is 1.29. The molecule has 0 spiro atoms. The van der Waals surface area contributed by atoms with Gasteiger partial charge in [0.05, 0.1) is 36.9 Å². The predicted molar refractivity (Wildman–Crippen MR) is 156 cm³/mol. The second-order valence-corrected chi connectivity index (χ2v) is 10.5. The molecule has 2 aliphatic heterocycles. The van der Waals surface area contributed by atoms with Crippen molar-refractivity contribution in [2.75, 3.05) is 38.5 Å². The van der Waals surface area contributed by atoms with Crippen LogP contribution in [0.15, 0.2) is 75.9 Å². The number of aromatic nitrogens is 4. The van der Waals surface area contributed by atoms with Gasteiger partial charge in [0.2, 0.25) is 0 Å². The molecule has 210 valence electrons. The molecule has 4 aromatic rings. The molecule has 2 aliphatic rings. The topological polar surface area (TPSA) is 124 Å². The van der Waals surface area contributed by atoms with Gasteiger partial charge >= 0.3 is 0 Å². The molecular weight excluding hydrogens is 518 g/mol. The van der Waals surface area contributed by atoms with E-state index in [2.05, 4.69) is 59.6 Å².